The molecule has 5 nitrogen and oxygen atoms in total. The van der Waals surface area contributed by atoms with Crippen LogP contribution in [0.15, 0.2) is 82.5 Å². The highest BCUT2D eigenvalue weighted by molar-refractivity contribution is 6.33. The SMILES string of the molecule is O=C(CCCCCCCc1ccc2c3cccc4cccc(c5cccc1c52)c43)n1cc(F)c(=O)[nH]c1=O. The van der Waals surface area contributed by atoms with Gasteiger partial charge in [-0.15, -0.1) is 0 Å². The molecule has 6 aromatic rings. The molecule has 0 saturated carbocycles. The molecule has 0 amide bonds. The Morgan fingerprint density at radius 2 is 1.32 bits per heavy atom. The third-order valence-corrected chi connectivity index (χ3v) is 7.62. The first-order valence-corrected chi connectivity index (χ1v) is 13.1. The summed E-state index contributed by atoms with van der Waals surface area (Å²) in [4.78, 5) is 36.9. The minimum Gasteiger partial charge on any atom is -0.274 e. The largest absolute Gasteiger partial charge is 0.335 e. The first kappa shape index (κ1) is 24.0. The van der Waals surface area contributed by atoms with Crippen LogP contribution in [0, 0.1) is 5.82 Å². The molecular formula is C32H27FN2O3. The molecular weight excluding hydrogens is 479 g/mol. The van der Waals surface area contributed by atoms with E-state index in [4.69, 9.17) is 0 Å². The lowest BCUT2D eigenvalue weighted by molar-refractivity contribution is 0.0891. The number of H-pyrrole nitrogens is 1. The number of hydrogen-bond acceptors (Lipinski definition) is 3. The molecule has 190 valence electrons. The summed E-state index contributed by atoms with van der Waals surface area (Å²) in [6.45, 7) is 0. The molecule has 38 heavy (non-hydrogen) atoms. The van der Waals surface area contributed by atoms with Crippen LogP contribution in [0.1, 0.15) is 48.9 Å². The summed E-state index contributed by atoms with van der Waals surface area (Å²) in [7, 11) is 0. The van der Waals surface area contributed by atoms with Gasteiger partial charge < -0.3 is 0 Å². The number of carbonyl (C=O) groups excluding carboxylic acids is 1. The number of rotatable bonds is 8. The van der Waals surface area contributed by atoms with Crippen molar-refractivity contribution in [3.8, 4) is 0 Å². The van der Waals surface area contributed by atoms with Crippen LogP contribution in [0.4, 0.5) is 4.39 Å². The van der Waals surface area contributed by atoms with Crippen LogP contribution in [0.3, 0.4) is 0 Å². The van der Waals surface area contributed by atoms with Crippen LogP contribution in [0.2, 0.25) is 0 Å². The fourth-order valence-corrected chi connectivity index (χ4v) is 5.80. The molecule has 0 saturated heterocycles. The van der Waals surface area contributed by atoms with Crippen LogP contribution in [0.25, 0.3) is 43.1 Å². The predicted octanol–water partition coefficient (Wildman–Crippen LogP) is 6.95. The quantitative estimate of drug-likeness (QED) is 0.138. The van der Waals surface area contributed by atoms with Gasteiger partial charge in [0.2, 0.25) is 11.7 Å². The Kier molecular flexibility index (Phi) is 6.24. The highest BCUT2D eigenvalue weighted by Gasteiger charge is 2.14. The molecule has 0 fully saturated rings. The van der Waals surface area contributed by atoms with Gasteiger partial charge in [0.05, 0.1) is 6.20 Å². The zero-order chi connectivity index (χ0) is 26.2. The number of nitrogens with zero attached hydrogens (tertiary/aromatic N) is 1. The number of carbonyl (C=O) groups is 1. The van der Waals surface area contributed by atoms with Crippen molar-refractivity contribution in [3.63, 3.8) is 0 Å². The Morgan fingerprint density at radius 1 is 0.711 bits per heavy atom. The van der Waals surface area contributed by atoms with Crippen molar-refractivity contribution >= 4 is 49.0 Å². The van der Waals surface area contributed by atoms with E-state index in [2.05, 4.69) is 66.7 Å². The number of aromatic amines is 1. The first-order chi connectivity index (χ1) is 18.5. The Bertz CT molecular complexity index is 1890. The van der Waals surface area contributed by atoms with Crippen molar-refractivity contribution in [3.05, 3.63) is 105 Å². The first-order valence-electron chi connectivity index (χ1n) is 13.1. The van der Waals surface area contributed by atoms with E-state index in [1.54, 1.807) is 0 Å². The molecule has 1 N–H and O–H groups in total. The van der Waals surface area contributed by atoms with Crippen LogP contribution in [-0.4, -0.2) is 15.5 Å². The van der Waals surface area contributed by atoms with E-state index < -0.39 is 23.0 Å². The average molecular weight is 507 g/mol. The minimum absolute atomic E-state index is 0.133. The molecule has 6 rings (SSSR count). The molecule has 0 aliphatic heterocycles. The van der Waals surface area contributed by atoms with E-state index in [0.717, 1.165) is 32.1 Å². The molecule has 6 heteroatoms. The summed E-state index contributed by atoms with van der Waals surface area (Å²) in [5.74, 6) is -1.65. The topological polar surface area (TPSA) is 71.9 Å². The molecule has 1 heterocycles. The molecule has 1 aromatic heterocycles. The molecule has 0 atom stereocenters. The normalized spacial score (nSPS) is 11.8. The van der Waals surface area contributed by atoms with Gasteiger partial charge in [0.1, 0.15) is 0 Å². The average Bonchev–Trinajstić information content (AvgIpc) is 2.93. The fourth-order valence-electron chi connectivity index (χ4n) is 5.80. The van der Waals surface area contributed by atoms with E-state index in [0.29, 0.717) is 17.2 Å². The summed E-state index contributed by atoms with van der Waals surface area (Å²) in [5.41, 5.74) is -0.661. The van der Waals surface area contributed by atoms with Gasteiger partial charge in [-0.3, -0.25) is 14.6 Å². The van der Waals surface area contributed by atoms with Gasteiger partial charge in [-0.05, 0) is 67.9 Å². The number of unbranched alkanes of at least 4 members (excludes halogenated alkanes) is 4. The Hall–Kier alpha value is -4.32. The van der Waals surface area contributed by atoms with Gasteiger partial charge >= 0.3 is 5.69 Å². The Labute approximate surface area is 217 Å². The zero-order valence-corrected chi connectivity index (χ0v) is 20.9. The number of aromatic nitrogens is 2. The van der Waals surface area contributed by atoms with Gasteiger partial charge in [-0.25, -0.2) is 9.36 Å². The lowest BCUT2D eigenvalue weighted by Crippen LogP contribution is -2.34. The van der Waals surface area contributed by atoms with Crippen molar-refractivity contribution < 1.29 is 9.18 Å². The van der Waals surface area contributed by atoms with Crippen LogP contribution < -0.4 is 11.2 Å². The predicted molar refractivity (Wildman–Crippen MR) is 151 cm³/mol. The van der Waals surface area contributed by atoms with Gasteiger partial charge in [-0.2, -0.15) is 4.39 Å². The number of nitrogens with one attached hydrogen (secondary N) is 1. The lowest BCUT2D eigenvalue weighted by Gasteiger charge is -2.16. The van der Waals surface area contributed by atoms with Gasteiger partial charge in [0.15, 0.2) is 0 Å². The number of hydrogen-bond donors (Lipinski definition) is 1. The van der Waals surface area contributed by atoms with Gasteiger partial charge in [0.25, 0.3) is 5.56 Å². The van der Waals surface area contributed by atoms with Crippen LogP contribution in [-0.2, 0) is 6.42 Å². The van der Waals surface area contributed by atoms with E-state index in [1.165, 1.54) is 48.7 Å². The summed E-state index contributed by atoms with van der Waals surface area (Å²) >= 11 is 0. The monoisotopic (exact) mass is 506 g/mol. The standard InChI is InChI=1S/C32H27FN2O3/c33-27-19-35(32(38)34-31(27)37)28(36)16-5-3-1-2-4-9-20-17-18-26-24-14-7-11-21-10-6-13-23(29(21)24)25-15-8-12-22(20)30(25)26/h6-8,10-15,17-19H,1-5,9,16H2,(H,34,37,38). The zero-order valence-electron chi connectivity index (χ0n) is 20.9. The fraction of sp³-hybridized carbons (Fsp3) is 0.219. The second-order valence-corrected chi connectivity index (χ2v) is 9.98. The maximum Gasteiger partial charge on any atom is 0.335 e. The smallest absolute Gasteiger partial charge is 0.274 e. The molecule has 5 aromatic carbocycles. The molecule has 0 aliphatic rings. The summed E-state index contributed by atoms with van der Waals surface area (Å²) in [6, 6.07) is 24.3. The van der Waals surface area contributed by atoms with Crippen LogP contribution in [0.5, 0.6) is 0 Å². The van der Waals surface area contributed by atoms with Crippen molar-refractivity contribution in [2.24, 2.45) is 0 Å². The lowest BCUT2D eigenvalue weighted by atomic mass is 9.87. The summed E-state index contributed by atoms with van der Waals surface area (Å²) < 4.78 is 14.1. The van der Waals surface area contributed by atoms with Gasteiger partial charge in [0, 0.05) is 6.42 Å². The Balaban J connectivity index is 1.12. The second-order valence-electron chi connectivity index (χ2n) is 9.98. The highest BCUT2D eigenvalue weighted by Crippen LogP contribution is 2.41. The van der Waals surface area contributed by atoms with E-state index >= 15 is 0 Å². The van der Waals surface area contributed by atoms with Crippen LogP contribution >= 0.6 is 0 Å². The maximum atomic E-state index is 13.4. The number of halogens is 1. The molecule has 0 aliphatic carbocycles. The molecule has 0 bridgehead atoms. The molecule has 0 unspecified atom stereocenters. The highest BCUT2D eigenvalue weighted by atomic mass is 19.1. The number of fused-ring (bicyclic) bond motifs is 2. The second kappa shape index (κ2) is 9.86. The maximum absolute atomic E-state index is 13.4. The summed E-state index contributed by atoms with van der Waals surface area (Å²) in [6.07, 6.45) is 6.29. The van der Waals surface area contributed by atoms with Crippen molar-refractivity contribution in [1.29, 1.82) is 0 Å². The number of benzene rings is 5. The van der Waals surface area contributed by atoms with E-state index in [9.17, 15) is 18.8 Å². The molecule has 0 spiro atoms. The molecule has 0 radical (unpaired) electrons. The van der Waals surface area contributed by atoms with Crippen molar-refractivity contribution in [1.82, 2.24) is 9.55 Å². The van der Waals surface area contributed by atoms with E-state index in [1.807, 2.05) is 4.98 Å². The number of aryl methyl sites for hydroxylation is 1. The van der Waals surface area contributed by atoms with E-state index in [-0.39, 0.29) is 6.42 Å². The van der Waals surface area contributed by atoms with Crippen molar-refractivity contribution in [2.45, 2.75) is 44.9 Å². The minimum atomic E-state index is -1.14. The third kappa shape index (κ3) is 4.16. The van der Waals surface area contributed by atoms with Crippen molar-refractivity contribution in [2.75, 3.05) is 0 Å². The van der Waals surface area contributed by atoms with Gasteiger partial charge in [-0.1, -0.05) is 86.0 Å². The Morgan fingerprint density at radius 3 is 2.08 bits per heavy atom. The third-order valence-electron chi connectivity index (χ3n) is 7.62. The summed E-state index contributed by atoms with van der Waals surface area (Å²) in [5, 5.41) is 10.5.